The zero-order chi connectivity index (χ0) is 32.4. The summed E-state index contributed by atoms with van der Waals surface area (Å²) < 4.78 is 6.39. The summed E-state index contributed by atoms with van der Waals surface area (Å²) in [5.74, 6) is 0. The Morgan fingerprint density at radius 1 is 0.630 bits per heavy atom. The number of aromatic nitrogens is 2. The van der Waals surface area contributed by atoms with Crippen molar-refractivity contribution in [2.75, 3.05) is 0 Å². The van der Waals surface area contributed by atoms with Gasteiger partial charge in [0.15, 0.2) is 0 Å². The maximum Gasteiger partial charge on any atom is 0.136 e. The molecule has 2 aliphatic rings. The van der Waals surface area contributed by atoms with E-state index in [4.69, 9.17) is 14.4 Å². The fourth-order valence-corrected chi connectivity index (χ4v) is 7.71. The molecule has 0 N–H and O–H groups in total. The van der Waals surface area contributed by atoms with Crippen LogP contribution in [0, 0.1) is 5.41 Å². The van der Waals surface area contributed by atoms with Crippen molar-refractivity contribution in [3.05, 3.63) is 114 Å². The van der Waals surface area contributed by atoms with Gasteiger partial charge in [-0.2, -0.15) is 0 Å². The van der Waals surface area contributed by atoms with E-state index in [-0.39, 0.29) is 16.2 Å². The lowest BCUT2D eigenvalue weighted by molar-refractivity contribution is 0.125. The molecule has 2 heterocycles. The first-order valence-electron chi connectivity index (χ1n) is 16.8. The summed E-state index contributed by atoms with van der Waals surface area (Å²) in [5.41, 5.74) is 13.0. The van der Waals surface area contributed by atoms with Gasteiger partial charge in [-0.15, -0.1) is 0 Å². The Labute approximate surface area is 273 Å². The van der Waals surface area contributed by atoms with Crippen LogP contribution in [0.5, 0.6) is 0 Å². The summed E-state index contributed by atoms with van der Waals surface area (Å²) >= 11 is 0. The van der Waals surface area contributed by atoms with Crippen molar-refractivity contribution in [2.45, 2.75) is 79.1 Å². The van der Waals surface area contributed by atoms with Crippen LogP contribution in [0.25, 0.3) is 61.7 Å². The molecule has 0 fully saturated rings. The van der Waals surface area contributed by atoms with Crippen LogP contribution in [0.2, 0.25) is 0 Å². The number of rotatable bonds is 3. The Kier molecular flexibility index (Phi) is 7.08. The molecule has 0 spiro atoms. The monoisotopic (exact) mass is 604 g/mol. The zero-order valence-electron chi connectivity index (χ0n) is 28.5. The lowest BCUT2D eigenvalue weighted by Gasteiger charge is -2.44. The van der Waals surface area contributed by atoms with E-state index >= 15 is 0 Å². The lowest BCUT2D eigenvalue weighted by atomic mass is 9.59. The Morgan fingerprint density at radius 3 is 2.02 bits per heavy atom. The number of nitrogens with zero attached hydrogens (tertiary/aromatic N) is 2. The molecule has 4 aromatic carbocycles. The SMILES string of the molecule is CC.CC1(C)c2cc(-c3nc4c(nc3-c3ccccc3)C=CCC4)c(-c3cccc4oc5ccccc5c34)cc2C(C)(C)C1(C)C. The van der Waals surface area contributed by atoms with Crippen molar-refractivity contribution in [3.8, 4) is 33.6 Å². The van der Waals surface area contributed by atoms with Gasteiger partial charge in [-0.1, -0.05) is 122 Å². The number of aryl methyl sites for hydroxylation is 1. The average molecular weight is 605 g/mol. The molecule has 232 valence electrons. The summed E-state index contributed by atoms with van der Waals surface area (Å²) in [6.07, 6.45) is 6.23. The molecule has 2 aliphatic carbocycles. The van der Waals surface area contributed by atoms with Crippen molar-refractivity contribution in [2.24, 2.45) is 5.41 Å². The topological polar surface area (TPSA) is 38.9 Å². The first-order chi connectivity index (χ1) is 22.1. The maximum atomic E-state index is 6.39. The van der Waals surface area contributed by atoms with E-state index in [2.05, 4.69) is 133 Å². The third kappa shape index (κ3) is 4.24. The zero-order valence-corrected chi connectivity index (χ0v) is 28.5. The van der Waals surface area contributed by atoms with Gasteiger partial charge in [0.2, 0.25) is 0 Å². The minimum Gasteiger partial charge on any atom is -0.456 e. The van der Waals surface area contributed by atoms with E-state index in [1.54, 1.807) is 0 Å². The van der Waals surface area contributed by atoms with E-state index in [0.717, 1.165) is 68.7 Å². The second-order valence-electron chi connectivity index (χ2n) is 14.2. The fraction of sp³-hybridized carbons (Fsp3) is 0.302. The summed E-state index contributed by atoms with van der Waals surface area (Å²) in [6.45, 7) is 18.5. The van der Waals surface area contributed by atoms with E-state index < -0.39 is 0 Å². The molecule has 6 aromatic rings. The van der Waals surface area contributed by atoms with E-state index in [1.165, 1.54) is 22.3 Å². The van der Waals surface area contributed by atoms with Gasteiger partial charge < -0.3 is 4.42 Å². The van der Waals surface area contributed by atoms with Crippen LogP contribution in [0.15, 0.2) is 95.4 Å². The number of para-hydroxylation sites is 1. The number of fused-ring (bicyclic) bond motifs is 5. The quantitative estimate of drug-likeness (QED) is 0.202. The van der Waals surface area contributed by atoms with Gasteiger partial charge in [0.05, 0.1) is 22.8 Å². The van der Waals surface area contributed by atoms with Crippen LogP contribution in [0.4, 0.5) is 0 Å². The molecule has 0 amide bonds. The largest absolute Gasteiger partial charge is 0.456 e. The molecule has 0 atom stereocenters. The van der Waals surface area contributed by atoms with Gasteiger partial charge >= 0.3 is 0 Å². The van der Waals surface area contributed by atoms with Crippen molar-refractivity contribution in [1.29, 1.82) is 0 Å². The van der Waals surface area contributed by atoms with Crippen molar-refractivity contribution in [3.63, 3.8) is 0 Å². The van der Waals surface area contributed by atoms with Crippen LogP contribution in [0.1, 0.15) is 84.3 Å². The third-order valence-corrected chi connectivity index (χ3v) is 11.4. The Bertz CT molecular complexity index is 2140. The van der Waals surface area contributed by atoms with Gasteiger partial charge in [0.1, 0.15) is 11.2 Å². The highest BCUT2D eigenvalue weighted by molar-refractivity contribution is 6.14. The molecule has 3 nitrogen and oxygen atoms in total. The Morgan fingerprint density at radius 2 is 1.28 bits per heavy atom. The molecule has 0 saturated heterocycles. The van der Waals surface area contributed by atoms with Gasteiger partial charge in [-0.25, -0.2) is 9.97 Å². The third-order valence-electron chi connectivity index (χ3n) is 11.4. The Balaban J connectivity index is 0.00000166. The molecule has 0 bridgehead atoms. The summed E-state index contributed by atoms with van der Waals surface area (Å²) in [4.78, 5) is 10.8. The fourth-order valence-electron chi connectivity index (χ4n) is 7.71. The molecular weight excluding hydrogens is 560 g/mol. The smallest absolute Gasteiger partial charge is 0.136 e. The molecule has 0 aliphatic heterocycles. The Hall–Kier alpha value is -4.50. The number of benzene rings is 4. The van der Waals surface area contributed by atoms with Gasteiger partial charge in [-0.3, -0.25) is 0 Å². The van der Waals surface area contributed by atoms with Gasteiger partial charge in [0, 0.05) is 21.9 Å². The van der Waals surface area contributed by atoms with Crippen LogP contribution >= 0.6 is 0 Å². The van der Waals surface area contributed by atoms with Gasteiger partial charge in [0.25, 0.3) is 0 Å². The predicted octanol–water partition coefficient (Wildman–Crippen LogP) is 12.0. The molecule has 2 aromatic heterocycles. The highest BCUT2D eigenvalue weighted by Gasteiger charge is 2.57. The minimum atomic E-state index is -0.0508. The first kappa shape index (κ1) is 30.2. The highest BCUT2D eigenvalue weighted by Crippen LogP contribution is 2.63. The molecule has 3 heteroatoms. The number of allylic oxidation sites excluding steroid dienone is 1. The molecular formula is C43H44N2O. The summed E-state index contributed by atoms with van der Waals surface area (Å²) in [6, 6.07) is 30.3. The second kappa shape index (κ2) is 10.8. The predicted molar refractivity (Wildman–Crippen MR) is 194 cm³/mol. The normalized spacial score (nSPS) is 17.0. The maximum absolute atomic E-state index is 6.39. The molecule has 46 heavy (non-hydrogen) atoms. The van der Waals surface area contributed by atoms with Crippen molar-refractivity contribution in [1.82, 2.24) is 9.97 Å². The number of hydrogen-bond acceptors (Lipinski definition) is 3. The summed E-state index contributed by atoms with van der Waals surface area (Å²) in [5, 5.41) is 2.28. The lowest BCUT2D eigenvalue weighted by Crippen LogP contribution is -2.42. The molecule has 0 unspecified atom stereocenters. The van der Waals surface area contributed by atoms with E-state index in [1.807, 2.05) is 19.9 Å². The second-order valence-corrected chi connectivity index (χ2v) is 14.2. The van der Waals surface area contributed by atoms with E-state index in [9.17, 15) is 0 Å². The van der Waals surface area contributed by atoms with Crippen molar-refractivity contribution < 1.29 is 4.42 Å². The minimum absolute atomic E-state index is 0.0289. The van der Waals surface area contributed by atoms with Crippen LogP contribution in [0.3, 0.4) is 0 Å². The van der Waals surface area contributed by atoms with Crippen LogP contribution in [-0.2, 0) is 17.3 Å². The molecule has 8 rings (SSSR count). The van der Waals surface area contributed by atoms with E-state index in [0.29, 0.717) is 0 Å². The van der Waals surface area contributed by atoms with Gasteiger partial charge in [-0.05, 0) is 81.7 Å². The number of hydrogen-bond donors (Lipinski definition) is 0. The highest BCUT2D eigenvalue weighted by atomic mass is 16.3. The number of furan rings is 1. The van der Waals surface area contributed by atoms with Crippen molar-refractivity contribution >= 4 is 28.0 Å². The average Bonchev–Trinajstić information content (AvgIpc) is 3.51. The summed E-state index contributed by atoms with van der Waals surface area (Å²) in [7, 11) is 0. The molecule has 0 saturated carbocycles. The first-order valence-corrected chi connectivity index (χ1v) is 16.8. The molecule has 0 radical (unpaired) electrons. The standard InChI is InChI=1S/C41H38N2O.C2H6/c1-39(2)30-23-28(26-18-14-22-35-36(26)27-17-10-13-21-34(27)44-35)29(24-31(30)40(3,4)41(39,5)6)38-37(25-15-8-7-9-16-25)42-32-19-11-12-20-33(32)43-38;1-2/h7-11,13-19,21-24H,12,20H2,1-6H3;1-2H3. The van der Waals surface area contributed by atoms with Crippen LogP contribution in [-0.4, -0.2) is 9.97 Å². The van der Waals surface area contributed by atoms with Crippen LogP contribution < -0.4 is 0 Å².